The van der Waals surface area contributed by atoms with Crippen molar-refractivity contribution in [3.8, 4) is 0 Å². The summed E-state index contributed by atoms with van der Waals surface area (Å²) in [6.45, 7) is 5.40. The molecule has 2 rings (SSSR count). The first-order valence-electron chi connectivity index (χ1n) is 7.40. The Bertz CT molecular complexity index is 835. The predicted molar refractivity (Wildman–Crippen MR) is 92.7 cm³/mol. The number of pyridine rings is 1. The Hall–Kier alpha value is -2.61. The number of carbonyl (C=O) groups is 1. The molecule has 1 aromatic heterocycles. The number of aryl methyl sites for hydroxylation is 1. The first-order chi connectivity index (χ1) is 11.3. The molecule has 0 aliphatic heterocycles. The number of carbonyl (C=O) groups excluding carboxylic acids is 1. The van der Waals surface area contributed by atoms with E-state index >= 15 is 0 Å². The minimum atomic E-state index is -4.05. The molecule has 0 fully saturated rings. The molecule has 0 radical (unpaired) electrons. The van der Waals surface area contributed by atoms with Crippen LogP contribution >= 0.6 is 0 Å². The van der Waals surface area contributed by atoms with E-state index in [1.165, 1.54) is 18.3 Å². The SMILES string of the molecule is Cc1cccc(Nc2ncccc2S(=O)(=O)NC(=O)NC(C)C)c1. The zero-order valence-electron chi connectivity index (χ0n) is 13.7. The molecule has 7 nitrogen and oxygen atoms in total. The maximum Gasteiger partial charge on any atom is 0.328 e. The molecule has 128 valence electrons. The first-order valence-corrected chi connectivity index (χ1v) is 8.88. The lowest BCUT2D eigenvalue weighted by atomic mass is 10.2. The Balaban J connectivity index is 2.29. The standard InChI is InChI=1S/C16H20N4O3S/c1-11(2)18-16(21)20-24(22,23)14-8-5-9-17-15(14)19-13-7-4-6-12(3)10-13/h4-11H,1-3H3,(H,17,19)(H2,18,20,21). The summed E-state index contributed by atoms with van der Waals surface area (Å²) in [7, 11) is -4.05. The number of urea groups is 1. The van der Waals surface area contributed by atoms with Crippen LogP contribution in [0.4, 0.5) is 16.3 Å². The number of hydrogen-bond donors (Lipinski definition) is 3. The van der Waals surface area contributed by atoms with Crippen molar-refractivity contribution < 1.29 is 13.2 Å². The third-order valence-electron chi connectivity index (χ3n) is 2.99. The van der Waals surface area contributed by atoms with Gasteiger partial charge in [0.05, 0.1) is 0 Å². The van der Waals surface area contributed by atoms with Gasteiger partial charge in [0.2, 0.25) is 0 Å². The van der Waals surface area contributed by atoms with E-state index in [4.69, 9.17) is 0 Å². The normalized spacial score (nSPS) is 11.2. The van der Waals surface area contributed by atoms with Crippen LogP contribution < -0.4 is 15.4 Å². The number of nitrogens with zero attached hydrogens (tertiary/aromatic N) is 1. The number of rotatable bonds is 5. The van der Waals surface area contributed by atoms with Crippen molar-refractivity contribution in [2.75, 3.05) is 5.32 Å². The molecule has 1 aromatic carbocycles. The Kier molecular flexibility index (Phi) is 5.40. The molecule has 0 aliphatic rings. The van der Waals surface area contributed by atoms with Gasteiger partial charge in [-0.2, -0.15) is 0 Å². The minimum absolute atomic E-state index is 0.106. The second kappa shape index (κ2) is 7.31. The van der Waals surface area contributed by atoms with Gasteiger partial charge in [-0.25, -0.2) is 22.9 Å². The van der Waals surface area contributed by atoms with Crippen LogP contribution in [0.25, 0.3) is 0 Å². The van der Waals surface area contributed by atoms with Crippen LogP contribution in [0.3, 0.4) is 0 Å². The lowest BCUT2D eigenvalue weighted by Gasteiger charge is -2.14. The largest absolute Gasteiger partial charge is 0.339 e. The topological polar surface area (TPSA) is 100 Å². The number of anilines is 2. The van der Waals surface area contributed by atoms with Crippen LogP contribution in [0, 0.1) is 6.92 Å². The van der Waals surface area contributed by atoms with E-state index in [9.17, 15) is 13.2 Å². The molecule has 2 amide bonds. The number of benzene rings is 1. The van der Waals surface area contributed by atoms with Crippen molar-refractivity contribution in [2.45, 2.75) is 31.7 Å². The van der Waals surface area contributed by atoms with Crippen LogP contribution in [0.1, 0.15) is 19.4 Å². The van der Waals surface area contributed by atoms with E-state index in [1.54, 1.807) is 19.9 Å². The monoisotopic (exact) mass is 348 g/mol. The lowest BCUT2D eigenvalue weighted by Crippen LogP contribution is -2.42. The average molecular weight is 348 g/mol. The molecule has 0 atom stereocenters. The third-order valence-corrected chi connectivity index (χ3v) is 4.35. The lowest BCUT2D eigenvalue weighted by molar-refractivity contribution is 0.243. The number of sulfonamides is 1. The van der Waals surface area contributed by atoms with Crippen LogP contribution in [0.15, 0.2) is 47.5 Å². The Morgan fingerprint density at radius 2 is 1.92 bits per heavy atom. The van der Waals surface area contributed by atoms with Gasteiger partial charge in [-0.05, 0) is 50.6 Å². The Morgan fingerprint density at radius 3 is 2.58 bits per heavy atom. The van der Waals surface area contributed by atoms with E-state index in [2.05, 4.69) is 15.6 Å². The molecule has 0 saturated carbocycles. The highest BCUT2D eigenvalue weighted by Gasteiger charge is 2.22. The fourth-order valence-corrected chi connectivity index (χ4v) is 3.06. The van der Waals surface area contributed by atoms with E-state index in [1.807, 2.05) is 29.8 Å². The highest BCUT2D eigenvalue weighted by Crippen LogP contribution is 2.22. The summed E-state index contributed by atoms with van der Waals surface area (Å²) in [4.78, 5) is 15.7. The van der Waals surface area contributed by atoms with Crippen molar-refractivity contribution in [2.24, 2.45) is 0 Å². The van der Waals surface area contributed by atoms with E-state index in [0.29, 0.717) is 5.69 Å². The summed E-state index contributed by atoms with van der Waals surface area (Å²) < 4.78 is 26.9. The second-order valence-corrected chi connectivity index (χ2v) is 7.23. The minimum Gasteiger partial charge on any atom is -0.339 e. The zero-order chi connectivity index (χ0) is 17.7. The molecular weight excluding hydrogens is 328 g/mol. The molecule has 1 heterocycles. The number of amides is 2. The van der Waals surface area contributed by atoms with Gasteiger partial charge < -0.3 is 10.6 Å². The summed E-state index contributed by atoms with van der Waals surface area (Å²) >= 11 is 0. The fraction of sp³-hybridized carbons (Fsp3) is 0.250. The smallest absolute Gasteiger partial charge is 0.328 e. The van der Waals surface area contributed by atoms with Crippen molar-refractivity contribution in [3.05, 3.63) is 48.2 Å². The zero-order valence-corrected chi connectivity index (χ0v) is 14.5. The van der Waals surface area contributed by atoms with Gasteiger partial charge in [0.1, 0.15) is 4.90 Å². The Morgan fingerprint density at radius 1 is 1.17 bits per heavy atom. The summed E-state index contributed by atoms with van der Waals surface area (Å²) in [5, 5.41) is 5.45. The third kappa shape index (κ3) is 4.69. The van der Waals surface area contributed by atoms with Gasteiger partial charge in [0.25, 0.3) is 10.0 Å². The molecule has 3 N–H and O–H groups in total. The summed E-state index contributed by atoms with van der Waals surface area (Å²) in [6, 6.07) is 9.37. The molecule has 0 saturated heterocycles. The highest BCUT2D eigenvalue weighted by molar-refractivity contribution is 7.90. The number of nitrogens with one attached hydrogen (secondary N) is 3. The second-order valence-electron chi connectivity index (χ2n) is 5.58. The van der Waals surface area contributed by atoms with Gasteiger partial charge in [-0.3, -0.25) is 0 Å². The maximum atomic E-state index is 12.5. The van der Waals surface area contributed by atoms with Crippen LogP contribution in [-0.2, 0) is 10.0 Å². The maximum absolute atomic E-state index is 12.5. The van der Waals surface area contributed by atoms with Crippen LogP contribution in [0.5, 0.6) is 0 Å². The Labute approximate surface area is 141 Å². The van der Waals surface area contributed by atoms with E-state index in [-0.39, 0.29) is 16.8 Å². The molecular formula is C16H20N4O3S. The quantitative estimate of drug-likeness (QED) is 0.771. The number of hydrogen-bond acceptors (Lipinski definition) is 5. The van der Waals surface area contributed by atoms with Gasteiger partial charge in [-0.15, -0.1) is 0 Å². The van der Waals surface area contributed by atoms with Crippen molar-refractivity contribution >= 4 is 27.6 Å². The van der Waals surface area contributed by atoms with E-state index in [0.717, 1.165) is 5.56 Å². The summed E-state index contributed by atoms with van der Waals surface area (Å²) in [6.07, 6.45) is 1.48. The molecule has 8 heteroatoms. The fourth-order valence-electron chi connectivity index (χ4n) is 2.03. The molecule has 2 aromatic rings. The van der Waals surface area contributed by atoms with Crippen LogP contribution in [0.2, 0.25) is 0 Å². The summed E-state index contributed by atoms with van der Waals surface area (Å²) in [5.41, 5.74) is 1.73. The van der Waals surface area contributed by atoms with Gasteiger partial charge >= 0.3 is 6.03 Å². The number of aromatic nitrogens is 1. The molecule has 24 heavy (non-hydrogen) atoms. The van der Waals surface area contributed by atoms with Crippen LogP contribution in [-0.4, -0.2) is 25.5 Å². The summed E-state index contributed by atoms with van der Waals surface area (Å²) in [5.74, 6) is 0.146. The van der Waals surface area contributed by atoms with Crippen molar-refractivity contribution in [3.63, 3.8) is 0 Å². The highest BCUT2D eigenvalue weighted by atomic mass is 32.2. The molecule has 0 bridgehead atoms. The predicted octanol–water partition coefficient (Wildman–Crippen LogP) is 2.53. The molecule has 0 unspecified atom stereocenters. The van der Waals surface area contributed by atoms with Crippen molar-refractivity contribution in [1.82, 2.24) is 15.0 Å². The average Bonchev–Trinajstić information content (AvgIpc) is 2.46. The first kappa shape index (κ1) is 17.7. The van der Waals surface area contributed by atoms with Gasteiger partial charge in [-0.1, -0.05) is 12.1 Å². The molecule has 0 aliphatic carbocycles. The van der Waals surface area contributed by atoms with Crippen molar-refractivity contribution in [1.29, 1.82) is 0 Å². The van der Waals surface area contributed by atoms with E-state index < -0.39 is 16.1 Å². The molecule has 0 spiro atoms. The van der Waals surface area contributed by atoms with Gasteiger partial charge in [0, 0.05) is 17.9 Å². The van der Waals surface area contributed by atoms with Gasteiger partial charge in [0.15, 0.2) is 5.82 Å².